The molecule has 1 aliphatic rings. The number of halogens is 3. The molecule has 0 saturated carbocycles. The van der Waals surface area contributed by atoms with Gasteiger partial charge in [-0.1, -0.05) is 18.9 Å². The van der Waals surface area contributed by atoms with E-state index in [0.717, 1.165) is 30.5 Å². The predicted molar refractivity (Wildman–Crippen MR) is 171 cm³/mol. The zero-order valence-electron chi connectivity index (χ0n) is 26.1. The molecule has 0 aliphatic carbocycles. The Morgan fingerprint density at radius 2 is 1.90 bits per heavy atom. The van der Waals surface area contributed by atoms with Gasteiger partial charge in [0.25, 0.3) is 10.0 Å². The minimum atomic E-state index is -4.49. The van der Waals surface area contributed by atoms with E-state index in [4.69, 9.17) is 13.6 Å². The van der Waals surface area contributed by atoms with E-state index < -0.39 is 34.5 Å². The number of piperidine rings is 1. The zero-order valence-corrected chi connectivity index (χ0v) is 27.0. The van der Waals surface area contributed by atoms with Gasteiger partial charge in [0.1, 0.15) is 18.6 Å². The van der Waals surface area contributed by atoms with E-state index in [1.807, 2.05) is 10.8 Å². The fraction of sp³-hybridized carbons (Fsp3) is 0.375. The Hall–Kier alpha value is -4.88. The third kappa shape index (κ3) is 8.52. The largest absolute Gasteiger partial charge is 0.518 e. The van der Waals surface area contributed by atoms with Crippen LogP contribution in [0.1, 0.15) is 37.6 Å². The molecule has 1 fully saturated rings. The number of alkyl halides is 3. The molecule has 0 radical (unpaired) electrons. The molecule has 256 valence electrons. The van der Waals surface area contributed by atoms with Crippen molar-refractivity contribution in [3.05, 3.63) is 70.8 Å². The van der Waals surface area contributed by atoms with Crippen LogP contribution in [0.4, 0.5) is 24.5 Å². The van der Waals surface area contributed by atoms with E-state index in [2.05, 4.69) is 27.4 Å². The molecule has 5 rings (SSSR count). The smallest absolute Gasteiger partial charge is 0.495 e. The molecule has 0 atom stereocenters. The summed E-state index contributed by atoms with van der Waals surface area (Å²) in [7, 11) is -2.75. The number of methoxy groups -OCH3 is 1. The number of benzene rings is 2. The first-order valence-corrected chi connectivity index (χ1v) is 16.6. The summed E-state index contributed by atoms with van der Waals surface area (Å²) in [5.41, 5.74) is 1.66. The van der Waals surface area contributed by atoms with Gasteiger partial charge in [-0.15, -0.1) is 0 Å². The van der Waals surface area contributed by atoms with Crippen molar-refractivity contribution in [2.75, 3.05) is 37.4 Å². The fourth-order valence-corrected chi connectivity index (χ4v) is 6.49. The van der Waals surface area contributed by atoms with Crippen LogP contribution in [0.2, 0.25) is 0 Å². The van der Waals surface area contributed by atoms with Crippen molar-refractivity contribution in [3.63, 3.8) is 0 Å². The first kappa shape index (κ1) is 34.5. The molecular weight excluding hydrogens is 655 g/mol. The van der Waals surface area contributed by atoms with Crippen LogP contribution >= 0.6 is 0 Å². The summed E-state index contributed by atoms with van der Waals surface area (Å²) in [5.74, 6) is 4.93. The predicted octanol–water partition coefficient (Wildman–Crippen LogP) is 4.51. The minimum Gasteiger partial charge on any atom is -0.495 e. The lowest BCUT2D eigenvalue weighted by Crippen LogP contribution is -2.38. The molecule has 0 bridgehead atoms. The van der Waals surface area contributed by atoms with Crippen LogP contribution in [0.25, 0.3) is 10.9 Å². The molecule has 1 saturated heterocycles. The summed E-state index contributed by atoms with van der Waals surface area (Å²) in [5, 5.41) is 7.10. The average molecular weight is 690 g/mol. The Morgan fingerprint density at radius 3 is 2.56 bits per heavy atom. The van der Waals surface area contributed by atoms with Crippen LogP contribution in [-0.2, 0) is 27.9 Å². The van der Waals surface area contributed by atoms with Crippen molar-refractivity contribution in [3.8, 4) is 17.6 Å². The molecule has 48 heavy (non-hydrogen) atoms. The minimum absolute atomic E-state index is 0.00841. The number of rotatable bonds is 11. The van der Waals surface area contributed by atoms with E-state index in [1.165, 1.54) is 38.5 Å². The summed E-state index contributed by atoms with van der Waals surface area (Å²) in [6, 6.07) is 10.9. The first-order chi connectivity index (χ1) is 22.8. The third-order valence-corrected chi connectivity index (χ3v) is 9.12. The summed E-state index contributed by atoms with van der Waals surface area (Å²) >= 11 is 0. The number of nitrogens with zero attached hydrogens (tertiary/aromatic N) is 2. The van der Waals surface area contributed by atoms with E-state index in [9.17, 15) is 31.2 Å². The maximum absolute atomic E-state index is 13.7. The number of hydrogen-bond acceptors (Lipinski definition) is 10. The van der Waals surface area contributed by atoms with Crippen LogP contribution in [0, 0.1) is 11.8 Å². The lowest BCUT2D eigenvalue weighted by molar-refractivity contribution is -0.140. The van der Waals surface area contributed by atoms with Crippen LogP contribution < -0.4 is 25.9 Å². The van der Waals surface area contributed by atoms with Gasteiger partial charge < -0.3 is 28.8 Å². The number of anilines is 2. The summed E-state index contributed by atoms with van der Waals surface area (Å²) in [6.07, 6.45) is -1.66. The molecule has 1 amide bonds. The number of carbonyl (C=O) groups excluding carboxylic acids is 1. The van der Waals surface area contributed by atoms with Crippen molar-refractivity contribution >= 4 is 38.2 Å². The van der Waals surface area contributed by atoms with E-state index in [1.54, 1.807) is 18.2 Å². The molecule has 2 aromatic heterocycles. The second-order valence-electron chi connectivity index (χ2n) is 11.1. The molecule has 12 nitrogen and oxygen atoms in total. The standard InChI is InChI=1S/C32H34F3N5O7S/c1-3-30(41)38-48(43,44)24-9-10-27(29(17-24)45-2)36-13-5-6-22-16-25-26(7-4-8-28(25)40(22)20-32(33,34)35)37-21-11-14-39(15-12-21)18-23-19-46-31(42)47-23/h4,7-10,16-17,19,21,36-37H,3,11-15,18,20H2,1-2H3,(H,38,41). The van der Waals surface area contributed by atoms with E-state index >= 15 is 0 Å². The van der Waals surface area contributed by atoms with Gasteiger partial charge in [0.2, 0.25) is 5.91 Å². The van der Waals surface area contributed by atoms with Crippen LogP contribution in [0.15, 0.2) is 67.3 Å². The molecule has 1 aliphatic heterocycles. The molecule has 4 aromatic rings. The summed E-state index contributed by atoms with van der Waals surface area (Å²) in [6.45, 7) is 2.20. The number of hydrogen-bond donors (Lipinski definition) is 3. The van der Waals surface area contributed by atoms with Gasteiger partial charge in [-0.3, -0.25) is 9.69 Å². The Balaban J connectivity index is 1.30. The Bertz CT molecular complexity index is 2000. The van der Waals surface area contributed by atoms with Crippen LogP contribution in [0.3, 0.4) is 0 Å². The van der Waals surface area contributed by atoms with E-state index in [0.29, 0.717) is 34.6 Å². The highest BCUT2D eigenvalue weighted by molar-refractivity contribution is 7.90. The topological polar surface area (TPSA) is 148 Å². The average Bonchev–Trinajstić information content (AvgIpc) is 3.61. The molecule has 3 heterocycles. The molecule has 3 N–H and O–H groups in total. The van der Waals surface area contributed by atoms with E-state index in [-0.39, 0.29) is 35.3 Å². The Kier molecular flexibility index (Phi) is 10.4. The SMILES string of the molecule is CCC(=O)NS(=O)(=O)c1ccc(NCC#Cc2cc3c(NC4CCN(Cc5coc(=O)o5)CC4)cccc3n2CC(F)(F)F)c(OC)c1. The van der Waals surface area contributed by atoms with Gasteiger partial charge in [0.15, 0.2) is 5.76 Å². The highest BCUT2D eigenvalue weighted by Gasteiger charge is 2.30. The fourth-order valence-electron chi connectivity index (χ4n) is 5.42. The second-order valence-corrected chi connectivity index (χ2v) is 12.8. The summed E-state index contributed by atoms with van der Waals surface area (Å²) in [4.78, 5) is 24.7. The number of sulfonamides is 1. The summed E-state index contributed by atoms with van der Waals surface area (Å²) < 4.78 is 84.1. The van der Waals surface area contributed by atoms with Crippen LogP contribution in [0.5, 0.6) is 5.75 Å². The monoisotopic (exact) mass is 689 g/mol. The quantitative estimate of drug-likeness (QED) is 0.192. The maximum Gasteiger partial charge on any atom is 0.518 e. The number of likely N-dealkylation sites (tertiary alicyclic amines) is 1. The molecule has 2 aromatic carbocycles. The normalized spacial score (nSPS) is 14.4. The second kappa shape index (κ2) is 14.5. The number of ether oxygens (including phenoxy) is 1. The zero-order chi connectivity index (χ0) is 34.5. The van der Waals surface area contributed by atoms with Crippen molar-refractivity contribution in [1.82, 2.24) is 14.2 Å². The number of aromatic nitrogens is 1. The van der Waals surface area contributed by atoms with Crippen molar-refractivity contribution in [1.29, 1.82) is 0 Å². The van der Waals surface area contributed by atoms with Gasteiger partial charge in [-0.05, 0) is 49.1 Å². The third-order valence-electron chi connectivity index (χ3n) is 7.75. The number of carbonyl (C=O) groups is 1. The van der Waals surface area contributed by atoms with Gasteiger partial charge in [-0.2, -0.15) is 13.2 Å². The number of fused-ring (bicyclic) bond motifs is 1. The number of nitrogens with one attached hydrogen (secondary N) is 3. The Labute approximate surface area is 274 Å². The molecule has 0 spiro atoms. The first-order valence-electron chi connectivity index (χ1n) is 15.1. The van der Waals surface area contributed by atoms with Gasteiger partial charge in [0, 0.05) is 42.7 Å². The Morgan fingerprint density at radius 1 is 1.12 bits per heavy atom. The van der Waals surface area contributed by atoms with Crippen molar-refractivity contribution in [2.45, 2.75) is 56.4 Å². The van der Waals surface area contributed by atoms with Crippen molar-refractivity contribution in [2.24, 2.45) is 0 Å². The highest BCUT2D eigenvalue weighted by Crippen LogP contribution is 2.32. The lowest BCUT2D eigenvalue weighted by Gasteiger charge is -2.32. The number of amides is 1. The van der Waals surface area contributed by atoms with Gasteiger partial charge >= 0.3 is 12.0 Å². The lowest BCUT2D eigenvalue weighted by atomic mass is 10.0. The van der Waals surface area contributed by atoms with Gasteiger partial charge in [0.05, 0.1) is 42.0 Å². The van der Waals surface area contributed by atoms with Gasteiger partial charge in [-0.25, -0.2) is 17.9 Å². The van der Waals surface area contributed by atoms with Crippen LogP contribution in [-0.4, -0.2) is 62.8 Å². The molecule has 16 heteroatoms. The maximum atomic E-state index is 13.7. The molecule has 0 unspecified atom stereocenters. The highest BCUT2D eigenvalue weighted by atomic mass is 32.2. The molecular formula is C32H34F3N5O7S. The van der Waals surface area contributed by atoms with Crippen molar-refractivity contribution < 1.29 is 40.0 Å².